The highest BCUT2D eigenvalue weighted by Crippen LogP contribution is 2.25. The molecule has 0 aliphatic carbocycles. The molecule has 0 unspecified atom stereocenters. The van der Waals surface area contributed by atoms with Crippen molar-refractivity contribution in [1.29, 1.82) is 0 Å². The Bertz CT molecular complexity index is 1040. The molecule has 3 amide bonds. The minimum atomic E-state index is -0.500. The Kier molecular flexibility index (Phi) is 6.28. The number of hydrogen-bond donors (Lipinski definition) is 2. The molecule has 156 valence electrons. The van der Waals surface area contributed by atoms with Gasteiger partial charge in [-0.3, -0.25) is 4.79 Å². The van der Waals surface area contributed by atoms with E-state index in [0.717, 1.165) is 6.42 Å². The smallest absolute Gasteiger partial charge is 0.315 e. The van der Waals surface area contributed by atoms with Crippen LogP contribution in [0.3, 0.4) is 0 Å². The van der Waals surface area contributed by atoms with E-state index in [2.05, 4.69) is 28.1 Å². The first-order chi connectivity index (χ1) is 14.6. The van der Waals surface area contributed by atoms with Crippen LogP contribution in [0.4, 0.5) is 9.18 Å². The van der Waals surface area contributed by atoms with E-state index in [1.807, 2.05) is 12.1 Å². The van der Waals surface area contributed by atoms with Crippen molar-refractivity contribution < 1.29 is 14.0 Å². The number of halogens is 1. The second-order valence-electron chi connectivity index (χ2n) is 7.45. The van der Waals surface area contributed by atoms with Crippen LogP contribution in [-0.2, 0) is 6.42 Å². The van der Waals surface area contributed by atoms with Gasteiger partial charge >= 0.3 is 6.03 Å². The average Bonchev–Trinajstić information content (AvgIpc) is 3.17. The molecule has 1 saturated heterocycles. The predicted octanol–water partition coefficient (Wildman–Crippen LogP) is 4.19. The number of likely N-dealkylation sites (tertiary alicyclic amines) is 1. The highest BCUT2D eigenvalue weighted by Gasteiger charge is 2.25. The summed E-state index contributed by atoms with van der Waals surface area (Å²) in [6, 6.07) is 14.1. The van der Waals surface area contributed by atoms with Gasteiger partial charge in [0.15, 0.2) is 0 Å². The number of hydrogen-bond acceptors (Lipinski definition) is 3. The zero-order chi connectivity index (χ0) is 20.9. The number of nitrogens with one attached hydrogen (secondary N) is 2. The van der Waals surface area contributed by atoms with Crippen molar-refractivity contribution in [3.05, 3.63) is 70.9 Å². The van der Waals surface area contributed by atoms with Crippen molar-refractivity contribution >= 4 is 33.4 Å². The fraction of sp³-hybridized carbons (Fsp3) is 0.304. The van der Waals surface area contributed by atoms with Crippen LogP contribution in [0.1, 0.15) is 28.8 Å². The maximum atomic E-state index is 13.8. The number of carbonyl (C=O) groups excluding carboxylic acids is 2. The van der Waals surface area contributed by atoms with Gasteiger partial charge in [0, 0.05) is 30.4 Å². The molecule has 2 N–H and O–H groups in total. The number of thiophene rings is 1. The summed E-state index contributed by atoms with van der Waals surface area (Å²) in [6.45, 7) is 1.56. The molecular weight excluding hydrogens is 401 g/mol. The molecule has 2 heterocycles. The van der Waals surface area contributed by atoms with Gasteiger partial charge in [-0.1, -0.05) is 30.3 Å². The molecule has 0 saturated carbocycles. The standard InChI is InChI=1S/C23H24FN3O2S/c24-20-7-3-1-6-19(20)22(28)27-13-10-17(11-14-27)26-23(29)25-12-9-16-15-30-21-8-4-2-5-18(16)21/h1-8,15,17H,9-14H2,(H2,25,26,29). The van der Waals surface area contributed by atoms with Gasteiger partial charge in [0.05, 0.1) is 5.56 Å². The van der Waals surface area contributed by atoms with Gasteiger partial charge in [0.2, 0.25) is 0 Å². The fourth-order valence-electron chi connectivity index (χ4n) is 3.81. The molecule has 2 aromatic carbocycles. The van der Waals surface area contributed by atoms with Crippen molar-refractivity contribution in [2.45, 2.75) is 25.3 Å². The fourth-order valence-corrected chi connectivity index (χ4v) is 4.80. The second-order valence-corrected chi connectivity index (χ2v) is 8.36. The van der Waals surface area contributed by atoms with Gasteiger partial charge in [0.25, 0.3) is 5.91 Å². The van der Waals surface area contributed by atoms with Gasteiger partial charge in [-0.15, -0.1) is 11.3 Å². The van der Waals surface area contributed by atoms with E-state index < -0.39 is 5.82 Å². The Morgan fingerprint density at radius 2 is 1.80 bits per heavy atom. The molecule has 0 radical (unpaired) electrons. The molecule has 7 heteroatoms. The first kappa shape index (κ1) is 20.3. The van der Waals surface area contributed by atoms with Crippen LogP contribution in [-0.4, -0.2) is 42.5 Å². The van der Waals surface area contributed by atoms with Crippen LogP contribution >= 0.6 is 11.3 Å². The van der Waals surface area contributed by atoms with E-state index in [4.69, 9.17) is 0 Å². The maximum absolute atomic E-state index is 13.8. The van der Waals surface area contributed by atoms with Crippen LogP contribution in [0.25, 0.3) is 10.1 Å². The van der Waals surface area contributed by atoms with Crippen molar-refractivity contribution in [1.82, 2.24) is 15.5 Å². The number of nitrogens with zero attached hydrogens (tertiary/aromatic N) is 1. The third-order valence-corrected chi connectivity index (χ3v) is 6.48. The SMILES string of the molecule is O=C(NCCc1csc2ccccc12)NC1CCN(C(=O)c2ccccc2F)CC1. The van der Waals surface area contributed by atoms with Crippen molar-refractivity contribution in [3.63, 3.8) is 0 Å². The van der Waals surface area contributed by atoms with Crippen LogP contribution < -0.4 is 10.6 Å². The summed E-state index contributed by atoms with van der Waals surface area (Å²) < 4.78 is 15.1. The number of fused-ring (bicyclic) bond motifs is 1. The zero-order valence-electron chi connectivity index (χ0n) is 16.6. The van der Waals surface area contributed by atoms with Crippen molar-refractivity contribution in [2.24, 2.45) is 0 Å². The Morgan fingerprint density at radius 3 is 2.60 bits per heavy atom. The summed E-state index contributed by atoms with van der Waals surface area (Å²) in [6.07, 6.45) is 2.10. The lowest BCUT2D eigenvalue weighted by atomic mass is 10.0. The lowest BCUT2D eigenvalue weighted by Crippen LogP contribution is -2.49. The molecule has 1 aliphatic rings. The van der Waals surface area contributed by atoms with Gasteiger partial charge < -0.3 is 15.5 Å². The summed E-state index contributed by atoms with van der Waals surface area (Å²) in [4.78, 5) is 26.4. The average molecular weight is 426 g/mol. The van der Waals surface area contributed by atoms with Gasteiger partial charge in [-0.25, -0.2) is 9.18 Å². The van der Waals surface area contributed by atoms with Crippen molar-refractivity contribution in [2.75, 3.05) is 19.6 Å². The monoisotopic (exact) mass is 425 g/mol. The molecule has 1 aliphatic heterocycles. The minimum Gasteiger partial charge on any atom is -0.338 e. The van der Waals surface area contributed by atoms with E-state index in [9.17, 15) is 14.0 Å². The minimum absolute atomic E-state index is 0.0108. The third-order valence-electron chi connectivity index (χ3n) is 5.46. The Labute approximate surface area is 178 Å². The van der Waals surface area contributed by atoms with Gasteiger partial charge in [-0.2, -0.15) is 0 Å². The Morgan fingerprint density at radius 1 is 1.07 bits per heavy atom. The van der Waals surface area contributed by atoms with Crippen LogP contribution in [0.2, 0.25) is 0 Å². The highest BCUT2D eigenvalue weighted by atomic mass is 32.1. The molecule has 30 heavy (non-hydrogen) atoms. The third kappa shape index (κ3) is 4.62. The molecule has 4 rings (SSSR count). The number of amides is 3. The number of piperidine rings is 1. The van der Waals surface area contributed by atoms with E-state index >= 15 is 0 Å². The van der Waals surface area contributed by atoms with Crippen LogP contribution in [0.15, 0.2) is 53.9 Å². The van der Waals surface area contributed by atoms with E-state index in [-0.39, 0.29) is 23.5 Å². The summed E-state index contributed by atoms with van der Waals surface area (Å²) in [5.74, 6) is -0.792. The number of rotatable bonds is 5. The summed E-state index contributed by atoms with van der Waals surface area (Å²) in [5, 5.41) is 9.30. The van der Waals surface area contributed by atoms with Gasteiger partial charge in [-0.05, 0) is 53.8 Å². The molecule has 1 aromatic heterocycles. The first-order valence-corrected chi connectivity index (χ1v) is 11.0. The highest BCUT2D eigenvalue weighted by molar-refractivity contribution is 7.17. The Hall–Kier alpha value is -2.93. The number of benzene rings is 2. The number of carbonyl (C=O) groups is 2. The van der Waals surface area contributed by atoms with Crippen LogP contribution in [0.5, 0.6) is 0 Å². The number of urea groups is 1. The normalized spacial score (nSPS) is 14.6. The molecule has 5 nitrogen and oxygen atoms in total. The lowest BCUT2D eigenvalue weighted by molar-refractivity contribution is 0.0703. The zero-order valence-corrected chi connectivity index (χ0v) is 17.4. The van der Waals surface area contributed by atoms with E-state index in [1.165, 1.54) is 27.8 Å². The largest absolute Gasteiger partial charge is 0.338 e. The molecule has 3 aromatic rings. The topological polar surface area (TPSA) is 61.4 Å². The van der Waals surface area contributed by atoms with Crippen LogP contribution in [0, 0.1) is 5.82 Å². The maximum Gasteiger partial charge on any atom is 0.315 e. The first-order valence-electron chi connectivity index (χ1n) is 10.1. The lowest BCUT2D eigenvalue weighted by Gasteiger charge is -2.32. The molecule has 0 bridgehead atoms. The van der Waals surface area contributed by atoms with Gasteiger partial charge in [0.1, 0.15) is 5.82 Å². The summed E-state index contributed by atoms with van der Waals surface area (Å²) in [5.41, 5.74) is 1.35. The molecular formula is C23H24FN3O2S. The molecule has 0 atom stereocenters. The van der Waals surface area contributed by atoms with E-state index in [0.29, 0.717) is 32.5 Å². The molecule has 1 fully saturated rings. The van der Waals surface area contributed by atoms with Crippen molar-refractivity contribution in [3.8, 4) is 0 Å². The summed E-state index contributed by atoms with van der Waals surface area (Å²) in [7, 11) is 0. The Balaban J connectivity index is 1.21. The molecule has 0 spiro atoms. The second kappa shape index (κ2) is 9.26. The quantitative estimate of drug-likeness (QED) is 0.644. The summed E-state index contributed by atoms with van der Waals surface area (Å²) >= 11 is 1.72. The van der Waals surface area contributed by atoms with E-state index in [1.54, 1.807) is 28.4 Å². The predicted molar refractivity (Wildman–Crippen MR) is 117 cm³/mol.